The lowest BCUT2D eigenvalue weighted by molar-refractivity contribution is 0.270. The number of para-hydroxylation sites is 1. The van der Waals surface area contributed by atoms with Crippen LogP contribution >= 0.6 is 0 Å². The third-order valence-corrected chi connectivity index (χ3v) is 2.15. The Kier molecular flexibility index (Phi) is 2.86. The molecule has 0 aliphatic heterocycles. The molecular weight excluding hydrogens is 186 g/mol. The second-order valence-electron chi connectivity index (χ2n) is 4.07. The Labute approximate surface area is 89.9 Å². The largest absolute Gasteiger partial charge is 0.492 e. The Morgan fingerprint density at radius 2 is 2.07 bits per heavy atom. The van der Waals surface area contributed by atoms with Crippen LogP contribution < -0.4 is 4.74 Å². The highest BCUT2D eigenvalue weighted by atomic mass is 16.5. The average molecular weight is 201 g/mol. The number of nitrogens with zero attached hydrogens (tertiary/aromatic N) is 1. The molecule has 1 aromatic carbocycles. The predicted molar refractivity (Wildman–Crippen MR) is 62.1 cm³/mol. The van der Waals surface area contributed by atoms with E-state index in [0.29, 0.717) is 5.92 Å². The molecule has 2 heteroatoms. The van der Waals surface area contributed by atoms with Gasteiger partial charge in [-0.1, -0.05) is 32.0 Å². The van der Waals surface area contributed by atoms with E-state index in [1.807, 2.05) is 30.3 Å². The van der Waals surface area contributed by atoms with E-state index in [1.165, 1.54) is 0 Å². The Morgan fingerprint density at radius 3 is 2.87 bits per heavy atom. The maximum atomic E-state index is 5.61. The number of pyridine rings is 1. The highest BCUT2D eigenvalue weighted by Crippen LogP contribution is 2.18. The molecule has 1 aromatic heterocycles. The number of fused-ring (bicyclic) bond motifs is 1. The molecule has 0 bridgehead atoms. The molecule has 0 aliphatic carbocycles. The summed E-state index contributed by atoms with van der Waals surface area (Å²) in [5.41, 5.74) is 1.01. The summed E-state index contributed by atoms with van der Waals surface area (Å²) in [6, 6.07) is 10.1. The smallest absolute Gasteiger partial charge is 0.138 e. The molecule has 2 rings (SSSR count). The zero-order valence-electron chi connectivity index (χ0n) is 9.10. The summed E-state index contributed by atoms with van der Waals surface area (Å²) in [5, 5.41) is 1.12. The van der Waals surface area contributed by atoms with Crippen molar-refractivity contribution in [2.24, 2.45) is 5.92 Å². The standard InChI is InChI=1S/C13H15NO/c1-10(2)9-15-12-7-11-5-3-4-6-13(11)14-8-12/h3-8,10H,9H2,1-2H3. The van der Waals surface area contributed by atoms with E-state index in [9.17, 15) is 0 Å². The first kappa shape index (κ1) is 9.97. The van der Waals surface area contributed by atoms with Gasteiger partial charge in [0.25, 0.3) is 0 Å². The van der Waals surface area contributed by atoms with Gasteiger partial charge >= 0.3 is 0 Å². The fourth-order valence-corrected chi connectivity index (χ4v) is 1.39. The van der Waals surface area contributed by atoms with Gasteiger partial charge in [-0.2, -0.15) is 0 Å². The number of hydrogen-bond donors (Lipinski definition) is 0. The molecule has 1 heterocycles. The van der Waals surface area contributed by atoms with E-state index < -0.39 is 0 Å². The molecule has 2 nitrogen and oxygen atoms in total. The number of hydrogen-bond acceptors (Lipinski definition) is 2. The molecule has 2 aromatic rings. The second-order valence-corrected chi connectivity index (χ2v) is 4.07. The lowest BCUT2D eigenvalue weighted by Crippen LogP contribution is -2.04. The molecule has 0 radical (unpaired) electrons. The Bertz CT molecular complexity index is 451. The topological polar surface area (TPSA) is 22.1 Å². The lowest BCUT2D eigenvalue weighted by Gasteiger charge is -2.08. The monoisotopic (exact) mass is 201 g/mol. The van der Waals surface area contributed by atoms with Gasteiger partial charge in [0.2, 0.25) is 0 Å². The molecule has 0 amide bonds. The molecule has 0 saturated heterocycles. The van der Waals surface area contributed by atoms with Gasteiger partial charge in [-0.25, -0.2) is 0 Å². The van der Waals surface area contributed by atoms with E-state index in [1.54, 1.807) is 6.20 Å². The van der Waals surface area contributed by atoms with Crippen LogP contribution in [0.4, 0.5) is 0 Å². The van der Waals surface area contributed by atoms with Crippen molar-refractivity contribution < 1.29 is 4.74 Å². The van der Waals surface area contributed by atoms with Crippen LogP contribution in [0.15, 0.2) is 36.5 Å². The molecule has 0 spiro atoms. The lowest BCUT2D eigenvalue weighted by atomic mass is 10.2. The molecule has 0 unspecified atom stereocenters. The predicted octanol–water partition coefficient (Wildman–Crippen LogP) is 3.27. The van der Waals surface area contributed by atoms with Crippen LogP contribution in [0.25, 0.3) is 10.9 Å². The number of ether oxygens (including phenoxy) is 1. The molecule has 0 fully saturated rings. The summed E-state index contributed by atoms with van der Waals surface area (Å²) < 4.78 is 5.61. The first-order chi connectivity index (χ1) is 7.25. The van der Waals surface area contributed by atoms with Gasteiger partial charge in [0.1, 0.15) is 5.75 Å². The SMILES string of the molecule is CC(C)COc1cnc2ccccc2c1. The number of rotatable bonds is 3. The van der Waals surface area contributed by atoms with Crippen molar-refractivity contribution in [3.8, 4) is 5.75 Å². The van der Waals surface area contributed by atoms with Crippen LogP contribution in [-0.4, -0.2) is 11.6 Å². The fraction of sp³-hybridized carbons (Fsp3) is 0.308. The zero-order valence-corrected chi connectivity index (χ0v) is 9.10. The van der Waals surface area contributed by atoms with E-state index in [2.05, 4.69) is 18.8 Å². The fourth-order valence-electron chi connectivity index (χ4n) is 1.39. The maximum absolute atomic E-state index is 5.61. The summed E-state index contributed by atoms with van der Waals surface area (Å²) in [5.74, 6) is 1.39. The van der Waals surface area contributed by atoms with Crippen LogP contribution in [0.3, 0.4) is 0 Å². The molecule has 15 heavy (non-hydrogen) atoms. The van der Waals surface area contributed by atoms with Crippen LogP contribution in [0.2, 0.25) is 0 Å². The van der Waals surface area contributed by atoms with Gasteiger partial charge in [0.05, 0.1) is 18.3 Å². The van der Waals surface area contributed by atoms with Crippen LogP contribution in [0, 0.1) is 5.92 Å². The van der Waals surface area contributed by atoms with Crippen molar-refractivity contribution in [3.63, 3.8) is 0 Å². The molecule has 0 saturated carbocycles. The number of aromatic nitrogens is 1. The van der Waals surface area contributed by atoms with E-state index in [-0.39, 0.29) is 0 Å². The van der Waals surface area contributed by atoms with Gasteiger partial charge in [-0.15, -0.1) is 0 Å². The summed E-state index contributed by atoms with van der Waals surface area (Å²) in [6.07, 6.45) is 1.78. The highest BCUT2D eigenvalue weighted by molar-refractivity contribution is 5.79. The second kappa shape index (κ2) is 4.30. The molecule has 0 N–H and O–H groups in total. The van der Waals surface area contributed by atoms with Gasteiger partial charge in [-0.05, 0) is 18.1 Å². The first-order valence-electron chi connectivity index (χ1n) is 5.23. The van der Waals surface area contributed by atoms with Crippen LogP contribution in [-0.2, 0) is 0 Å². The van der Waals surface area contributed by atoms with E-state index in [4.69, 9.17) is 4.74 Å². The molecule has 0 aliphatic rings. The van der Waals surface area contributed by atoms with Crippen molar-refractivity contribution in [2.75, 3.05) is 6.61 Å². The third-order valence-electron chi connectivity index (χ3n) is 2.15. The van der Waals surface area contributed by atoms with E-state index in [0.717, 1.165) is 23.3 Å². The van der Waals surface area contributed by atoms with Crippen molar-refractivity contribution in [1.29, 1.82) is 0 Å². The summed E-state index contributed by atoms with van der Waals surface area (Å²) in [4.78, 5) is 4.33. The van der Waals surface area contributed by atoms with Crippen molar-refractivity contribution in [3.05, 3.63) is 36.5 Å². The Balaban J connectivity index is 2.23. The molecule has 0 atom stereocenters. The zero-order chi connectivity index (χ0) is 10.7. The normalized spacial score (nSPS) is 10.9. The molecule has 78 valence electrons. The summed E-state index contributed by atoms with van der Waals surface area (Å²) in [7, 11) is 0. The number of benzene rings is 1. The van der Waals surface area contributed by atoms with Gasteiger partial charge in [0.15, 0.2) is 0 Å². The minimum absolute atomic E-state index is 0.538. The van der Waals surface area contributed by atoms with Crippen LogP contribution in [0.1, 0.15) is 13.8 Å². The summed E-state index contributed by atoms with van der Waals surface area (Å²) in [6.45, 7) is 5.00. The van der Waals surface area contributed by atoms with Crippen molar-refractivity contribution >= 4 is 10.9 Å². The quantitative estimate of drug-likeness (QED) is 0.760. The van der Waals surface area contributed by atoms with E-state index >= 15 is 0 Å². The summed E-state index contributed by atoms with van der Waals surface area (Å²) >= 11 is 0. The van der Waals surface area contributed by atoms with Gasteiger partial charge in [0, 0.05) is 5.39 Å². The minimum Gasteiger partial charge on any atom is -0.492 e. The van der Waals surface area contributed by atoms with Crippen LogP contribution in [0.5, 0.6) is 5.75 Å². The Hall–Kier alpha value is -1.57. The minimum atomic E-state index is 0.538. The third kappa shape index (κ3) is 2.46. The highest BCUT2D eigenvalue weighted by Gasteiger charge is 1.99. The van der Waals surface area contributed by atoms with Gasteiger partial charge < -0.3 is 4.74 Å². The molecular formula is C13H15NO. The average Bonchev–Trinajstić information content (AvgIpc) is 2.26. The maximum Gasteiger partial charge on any atom is 0.138 e. The Morgan fingerprint density at radius 1 is 1.27 bits per heavy atom. The van der Waals surface area contributed by atoms with Crippen molar-refractivity contribution in [1.82, 2.24) is 4.98 Å². The first-order valence-corrected chi connectivity index (χ1v) is 5.23. The van der Waals surface area contributed by atoms with Gasteiger partial charge in [-0.3, -0.25) is 4.98 Å². The van der Waals surface area contributed by atoms with Crippen molar-refractivity contribution in [2.45, 2.75) is 13.8 Å².